The zero-order valence-electron chi connectivity index (χ0n) is 7.49. The number of nitrogens with two attached hydrogens (primary N) is 2. The third kappa shape index (κ3) is 2.35. The van der Waals surface area contributed by atoms with Gasteiger partial charge in [-0.05, 0) is 17.7 Å². The molecule has 0 aliphatic carbocycles. The van der Waals surface area contributed by atoms with E-state index in [1.807, 2.05) is 6.07 Å². The maximum absolute atomic E-state index is 8.56. The van der Waals surface area contributed by atoms with Gasteiger partial charge in [-0.25, -0.2) is 0 Å². The average molecular weight is 186 g/mol. The van der Waals surface area contributed by atoms with Gasteiger partial charge in [0.15, 0.2) is 0 Å². The SMILES string of the molecule is N#Cc1ccc(/C(N)=C/C(=N)N)cc1. The van der Waals surface area contributed by atoms with Crippen molar-refractivity contribution in [2.45, 2.75) is 0 Å². The number of nitrogens with one attached hydrogen (secondary N) is 1. The molecule has 0 aromatic heterocycles. The first-order chi connectivity index (χ1) is 6.63. The fourth-order valence-corrected chi connectivity index (χ4v) is 0.988. The number of hydrogen-bond donors (Lipinski definition) is 3. The van der Waals surface area contributed by atoms with Crippen LogP contribution in [-0.2, 0) is 0 Å². The third-order valence-corrected chi connectivity index (χ3v) is 1.66. The molecule has 14 heavy (non-hydrogen) atoms. The maximum Gasteiger partial charge on any atom is 0.117 e. The minimum atomic E-state index is -0.0909. The first-order valence-corrected chi connectivity index (χ1v) is 3.95. The molecule has 0 aliphatic heterocycles. The van der Waals surface area contributed by atoms with Crippen molar-refractivity contribution in [1.29, 1.82) is 10.7 Å². The Kier molecular flexibility index (Phi) is 2.87. The molecule has 1 aromatic rings. The van der Waals surface area contributed by atoms with E-state index in [-0.39, 0.29) is 5.84 Å². The standard InChI is InChI=1S/C10H10N4/c11-6-7-1-3-8(4-2-7)9(12)5-10(13)14/h1-5H,12H2,(H3,13,14)/b9-5-. The Labute approximate surface area is 82.0 Å². The lowest BCUT2D eigenvalue weighted by atomic mass is 10.1. The van der Waals surface area contributed by atoms with E-state index in [9.17, 15) is 0 Å². The smallest absolute Gasteiger partial charge is 0.117 e. The van der Waals surface area contributed by atoms with Crippen LogP contribution in [0.5, 0.6) is 0 Å². The van der Waals surface area contributed by atoms with Crippen LogP contribution >= 0.6 is 0 Å². The molecule has 0 atom stereocenters. The molecule has 5 N–H and O–H groups in total. The summed E-state index contributed by atoms with van der Waals surface area (Å²) in [5, 5.41) is 15.6. The topological polar surface area (TPSA) is 99.7 Å². The molecule has 0 radical (unpaired) electrons. The Hall–Kier alpha value is -2.28. The number of benzene rings is 1. The Balaban J connectivity index is 2.99. The van der Waals surface area contributed by atoms with Crippen LogP contribution in [0.3, 0.4) is 0 Å². The van der Waals surface area contributed by atoms with E-state index >= 15 is 0 Å². The molecule has 1 aromatic carbocycles. The molecule has 0 saturated carbocycles. The van der Waals surface area contributed by atoms with Gasteiger partial charge in [0.2, 0.25) is 0 Å². The number of hydrogen-bond acceptors (Lipinski definition) is 3. The molecular formula is C10H10N4. The molecule has 0 saturated heterocycles. The highest BCUT2D eigenvalue weighted by Gasteiger charge is 1.97. The number of rotatable bonds is 2. The summed E-state index contributed by atoms with van der Waals surface area (Å²) in [5.74, 6) is -0.0909. The van der Waals surface area contributed by atoms with Crippen molar-refractivity contribution in [3.05, 3.63) is 41.5 Å². The van der Waals surface area contributed by atoms with Crippen molar-refractivity contribution in [2.75, 3.05) is 0 Å². The lowest BCUT2D eigenvalue weighted by Crippen LogP contribution is -2.08. The predicted molar refractivity (Wildman–Crippen MR) is 55.2 cm³/mol. The van der Waals surface area contributed by atoms with Crippen LogP contribution in [-0.4, -0.2) is 5.84 Å². The number of nitrogens with zero attached hydrogens (tertiary/aromatic N) is 1. The van der Waals surface area contributed by atoms with E-state index in [1.54, 1.807) is 24.3 Å². The van der Waals surface area contributed by atoms with Crippen LogP contribution in [0.25, 0.3) is 5.70 Å². The van der Waals surface area contributed by atoms with Crippen molar-refractivity contribution in [1.82, 2.24) is 0 Å². The second kappa shape index (κ2) is 4.10. The Morgan fingerprint density at radius 3 is 2.29 bits per heavy atom. The van der Waals surface area contributed by atoms with E-state index in [0.717, 1.165) is 5.56 Å². The molecule has 4 heteroatoms. The minimum Gasteiger partial charge on any atom is -0.398 e. The zero-order valence-corrected chi connectivity index (χ0v) is 7.49. The van der Waals surface area contributed by atoms with Gasteiger partial charge < -0.3 is 11.5 Å². The van der Waals surface area contributed by atoms with Gasteiger partial charge in [0, 0.05) is 11.8 Å². The summed E-state index contributed by atoms with van der Waals surface area (Å²) in [4.78, 5) is 0. The number of amidine groups is 1. The fourth-order valence-electron chi connectivity index (χ4n) is 0.988. The van der Waals surface area contributed by atoms with Crippen molar-refractivity contribution >= 4 is 11.5 Å². The molecule has 0 aliphatic rings. The molecule has 0 amide bonds. The fraction of sp³-hybridized carbons (Fsp3) is 0. The van der Waals surface area contributed by atoms with Crippen molar-refractivity contribution in [2.24, 2.45) is 11.5 Å². The monoisotopic (exact) mass is 186 g/mol. The van der Waals surface area contributed by atoms with E-state index in [2.05, 4.69) is 0 Å². The van der Waals surface area contributed by atoms with Crippen LogP contribution < -0.4 is 11.5 Å². The molecule has 1 rings (SSSR count). The maximum atomic E-state index is 8.56. The second-order valence-corrected chi connectivity index (χ2v) is 2.74. The van der Waals surface area contributed by atoms with Crippen molar-refractivity contribution < 1.29 is 0 Å². The highest BCUT2D eigenvalue weighted by molar-refractivity contribution is 5.95. The zero-order chi connectivity index (χ0) is 10.6. The molecule has 0 bridgehead atoms. The van der Waals surface area contributed by atoms with Crippen LogP contribution in [0.1, 0.15) is 11.1 Å². The molecule has 0 unspecified atom stereocenters. The molecule has 70 valence electrons. The van der Waals surface area contributed by atoms with E-state index in [4.69, 9.17) is 22.1 Å². The van der Waals surface area contributed by atoms with Crippen molar-refractivity contribution in [3.63, 3.8) is 0 Å². The predicted octanol–water partition coefficient (Wildman–Crippen LogP) is 0.794. The molecule has 0 spiro atoms. The summed E-state index contributed by atoms with van der Waals surface area (Å²) in [7, 11) is 0. The summed E-state index contributed by atoms with van der Waals surface area (Å²) in [6, 6.07) is 8.76. The van der Waals surface area contributed by atoms with E-state index in [1.165, 1.54) is 6.08 Å². The van der Waals surface area contributed by atoms with E-state index in [0.29, 0.717) is 11.3 Å². The van der Waals surface area contributed by atoms with Gasteiger partial charge in [-0.15, -0.1) is 0 Å². The largest absolute Gasteiger partial charge is 0.398 e. The summed E-state index contributed by atoms with van der Waals surface area (Å²) >= 11 is 0. The van der Waals surface area contributed by atoms with Crippen molar-refractivity contribution in [3.8, 4) is 6.07 Å². The Morgan fingerprint density at radius 1 is 1.29 bits per heavy atom. The Morgan fingerprint density at radius 2 is 1.86 bits per heavy atom. The summed E-state index contributed by atoms with van der Waals surface area (Å²) in [6.45, 7) is 0. The highest BCUT2D eigenvalue weighted by Crippen LogP contribution is 2.09. The van der Waals surface area contributed by atoms with E-state index < -0.39 is 0 Å². The highest BCUT2D eigenvalue weighted by atomic mass is 14.7. The van der Waals surface area contributed by atoms with Gasteiger partial charge in [-0.2, -0.15) is 5.26 Å². The minimum absolute atomic E-state index is 0.0909. The van der Waals surface area contributed by atoms with Gasteiger partial charge >= 0.3 is 0 Å². The normalized spacial score (nSPS) is 10.6. The molecular weight excluding hydrogens is 176 g/mol. The van der Waals surface area contributed by atoms with Crippen LogP contribution in [0.15, 0.2) is 30.3 Å². The molecule has 0 fully saturated rings. The quantitative estimate of drug-likeness (QED) is 0.470. The second-order valence-electron chi connectivity index (χ2n) is 2.74. The Bertz CT molecular complexity index is 409. The van der Waals surface area contributed by atoms with Gasteiger partial charge in [0.05, 0.1) is 11.6 Å². The lowest BCUT2D eigenvalue weighted by molar-refractivity contribution is 1.44. The van der Waals surface area contributed by atoms with Crippen LogP contribution in [0.4, 0.5) is 0 Å². The molecule has 0 heterocycles. The summed E-state index contributed by atoms with van der Waals surface area (Å²) < 4.78 is 0. The first kappa shape index (κ1) is 9.81. The van der Waals surface area contributed by atoms with Gasteiger partial charge in [-0.1, -0.05) is 12.1 Å². The van der Waals surface area contributed by atoms with Crippen LogP contribution in [0.2, 0.25) is 0 Å². The summed E-state index contributed by atoms with van der Waals surface area (Å²) in [5.41, 5.74) is 12.5. The first-order valence-electron chi connectivity index (χ1n) is 3.95. The van der Waals surface area contributed by atoms with Crippen LogP contribution in [0, 0.1) is 16.7 Å². The molecule has 4 nitrogen and oxygen atoms in total. The summed E-state index contributed by atoms with van der Waals surface area (Å²) in [6.07, 6.45) is 1.36. The van der Waals surface area contributed by atoms with Gasteiger partial charge in [0.1, 0.15) is 5.84 Å². The average Bonchev–Trinajstić information content (AvgIpc) is 2.17. The van der Waals surface area contributed by atoms with Gasteiger partial charge in [-0.3, -0.25) is 5.41 Å². The number of nitriles is 1. The van der Waals surface area contributed by atoms with Gasteiger partial charge in [0.25, 0.3) is 0 Å². The lowest BCUT2D eigenvalue weighted by Gasteiger charge is -2.00. The third-order valence-electron chi connectivity index (χ3n) is 1.66.